The molecule has 5 heteroatoms. The van der Waals surface area contributed by atoms with Gasteiger partial charge in [-0.1, -0.05) is 17.7 Å². The van der Waals surface area contributed by atoms with Gasteiger partial charge < -0.3 is 5.73 Å². The van der Waals surface area contributed by atoms with Gasteiger partial charge in [-0.25, -0.2) is 8.42 Å². The van der Waals surface area contributed by atoms with Gasteiger partial charge >= 0.3 is 0 Å². The fourth-order valence-corrected chi connectivity index (χ4v) is 4.16. The minimum Gasteiger partial charge on any atom is -0.327 e. The monoisotopic (exact) mass is 268 g/mol. The van der Waals surface area contributed by atoms with Crippen LogP contribution in [0.5, 0.6) is 0 Å². The highest BCUT2D eigenvalue weighted by Gasteiger charge is 2.29. The lowest BCUT2D eigenvalue weighted by molar-refractivity contribution is 0.316. The van der Waals surface area contributed by atoms with Crippen molar-refractivity contribution in [1.29, 1.82) is 0 Å². The summed E-state index contributed by atoms with van der Waals surface area (Å²) in [5, 5.41) is 0. The van der Waals surface area contributed by atoms with Crippen LogP contribution in [0.3, 0.4) is 0 Å². The highest BCUT2D eigenvalue weighted by molar-refractivity contribution is 7.89. The van der Waals surface area contributed by atoms with Crippen molar-refractivity contribution in [1.82, 2.24) is 4.31 Å². The van der Waals surface area contributed by atoms with Crippen LogP contribution < -0.4 is 5.73 Å². The molecule has 0 saturated carbocycles. The second-order valence-electron chi connectivity index (χ2n) is 5.03. The lowest BCUT2D eigenvalue weighted by Gasteiger charge is -2.30. The normalized spacial score (nSPS) is 22.1. The average molecular weight is 268 g/mol. The van der Waals surface area contributed by atoms with Crippen molar-refractivity contribution >= 4 is 10.0 Å². The van der Waals surface area contributed by atoms with Crippen LogP contribution in [0.1, 0.15) is 24.0 Å². The highest BCUT2D eigenvalue weighted by atomic mass is 32.2. The van der Waals surface area contributed by atoms with Gasteiger partial charge in [0.2, 0.25) is 10.0 Å². The van der Waals surface area contributed by atoms with Crippen LogP contribution in [-0.4, -0.2) is 31.9 Å². The summed E-state index contributed by atoms with van der Waals surface area (Å²) in [6.45, 7) is 4.79. The summed E-state index contributed by atoms with van der Waals surface area (Å²) in [5.74, 6) is 0. The summed E-state index contributed by atoms with van der Waals surface area (Å²) in [7, 11) is -3.39. The molecule has 1 atom stereocenters. The van der Waals surface area contributed by atoms with Crippen molar-refractivity contribution in [2.24, 2.45) is 5.73 Å². The zero-order valence-electron chi connectivity index (χ0n) is 10.9. The van der Waals surface area contributed by atoms with E-state index in [4.69, 9.17) is 5.73 Å². The third-order valence-corrected chi connectivity index (χ3v) is 5.39. The molecule has 0 aliphatic carbocycles. The van der Waals surface area contributed by atoms with Crippen LogP contribution in [-0.2, 0) is 10.0 Å². The van der Waals surface area contributed by atoms with Gasteiger partial charge in [-0.2, -0.15) is 4.31 Å². The van der Waals surface area contributed by atoms with Crippen molar-refractivity contribution in [2.45, 2.75) is 37.6 Å². The number of aryl methyl sites for hydroxylation is 2. The molecule has 0 aromatic heterocycles. The third-order valence-electron chi connectivity index (χ3n) is 3.37. The molecule has 1 saturated heterocycles. The Bertz CT molecular complexity index is 540. The first kappa shape index (κ1) is 13.5. The van der Waals surface area contributed by atoms with E-state index >= 15 is 0 Å². The number of hydrogen-bond donors (Lipinski definition) is 1. The molecule has 2 rings (SSSR count). The minimum atomic E-state index is -3.39. The maximum absolute atomic E-state index is 12.5. The summed E-state index contributed by atoms with van der Waals surface area (Å²) in [6, 6.07) is 5.39. The molecule has 0 spiro atoms. The van der Waals surface area contributed by atoms with E-state index < -0.39 is 10.0 Å². The van der Waals surface area contributed by atoms with Crippen molar-refractivity contribution in [3.05, 3.63) is 29.3 Å². The van der Waals surface area contributed by atoms with Crippen LogP contribution in [0.25, 0.3) is 0 Å². The van der Waals surface area contributed by atoms with Gasteiger partial charge in [-0.3, -0.25) is 0 Å². The number of sulfonamides is 1. The molecule has 18 heavy (non-hydrogen) atoms. The van der Waals surface area contributed by atoms with Crippen LogP contribution in [0.15, 0.2) is 23.1 Å². The lowest BCUT2D eigenvalue weighted by atomic mass is 10.1. The van der Waals surface area contributed by atoms with Crippen molar-refractivity contribution in [2.75, 3.05) is 13.1 Å². The van der Waals surface area contributed by atoms with E-state index in [1.165, 1.54) is 4.31 Å². The average Bonchev–Trinajstić information content (AvgIpc) is 2.28. The largest absolute Gasteiger partial charge is 0.327 e. The Labute approximate surface area is 109 Å². The highest BCUT2D eigenvalue weighted by Crippen LogP contribution is 2.23. The lowest BCUT2D eigenvalue weighted by Crippen LogP contribution is -2.45. The second-order valence-corrected chi connectivity index (χ2v) is 6.94. The number of hydrogen-bond acceptors (Lipinski definition) is 3. The molecule has 2 N–H and O–H groups in total. The summed E-state index contributed by atoms with van der Waals surface area (Å²) in [6.07, 6.45) is 1.74. The predicted octanol–water partition coefficient (Wildman–Crippen LogP) is 1.42. The van der Waals surface area contributed by atoms with Gasteiger partial charge in [0, 0.05) is 19.1 Å². The Morgan fingerprint density at radius 1 is 1.33 bits per heavy atom. The van der Waals surface area contributed by atoms with Gasteiger partial charge in [0.05, 0.1) is 4.90 Å². The van der Waals surface area contributed by atoms with E-state index in [-0.39, 0.29) is 6.04 Å². The van der Waals surface area contributed by atoms with Crippen LogP contribution in [0, 0.1) is 13.8 Å². The fraction of sp³-hybridized carbons (Fsp3) is 0.538. The zero-order chi connectivity index (χ0) is 13.3. The Kier molecular flexibility index (Phi) is 3.75. The molecule has 0 radical (unpaired) electrons. The predicted molar refractivity (Wildman–Crippen MR) is 71.9 cm³/mol. The SMILES string of the molecule is Cc1ccc(S(=O)(=O)N2CCCC(N)C2)c(C)c1. The number of rotatable bonds is 2. The van der Waals surface area contributed by atoms with Crippen molar-refractivity contribution < 1.29 is 8.42 Å². The van der Waals surface area contributed by atoms with Crippen molar-refractivity contribution in [3.8, 4) is 0 Å². The summed E-state index contributed by atoms with van der Waals surface area (Å²) in [5.41, 5.74) is 7.73. The molecule has 1 heterocycles. The third kappa shape index (κ3) is 2.58. The van der Waals surface area contributed by atoms with E-state index in [1.807, 2.05) is 26.0 Å². The quantitative estimate of drug-likeness (QED) is 0.882. The van der Waals surface area contributed by atoms with E-state index in [2.05, 4.69) is 0 Å². The smallest absolute Gasteiger partial charge is 0.243 e. The Morgan fingerprint density at radius 2 is 2.06 bits per heavy atom. The van der Waals surface area contributed by atoms with Crippen LogP contribution in [0.4, 0.5) is 0 Å². The van der Waals surface area contributed by atoms with E-state index in [1.54, 1.807) is 6.07 Å². The fourth-order valence-electron chi connectivity index (χ4n) is 2.42. The van der Waals surface area contributed by atoms with E-state index in [9.17, 15) is 8.42 Å². The maximum atomic E-state index is 12.5. The molecule has 0 amide bonds. The van der Waals surface area contributed by atoms with Gasteiger partial charge in [0.15, 0.2) is 0 Å². The summed E-state index contributed by atoms with van der Waals surface area (Å²) >= 11 is 0. The first-order valence-electron chi connectivity index (χ1n) is 6.24. The topological polar surface area (TPSA) is 63.4 Å². The summed E-state index contributed by atoms with van der Waals surface area (Å²) in [4.78, 5) is 0.405. The molecule has 4 nitrogen and oxygen atoms in total. The first-order valence-corrected chi connectivity index (χ1v) is 7.68. The Morgan fingerprint density at radius 3 is 2.67 bits per heavy atom. The summed E-state index contributed by atoms with van der Waals surface area (Å²) < 4.78 is 26.6. The zero-order valence-corrected chi connectivity index (χ0v) is 11.7. The standard InChI is InChI=1S/C13H20N2O2S/c1-10-5-6-13(11(2)8-10)18(16,17)15-7-3-4-12(14)9-15/h5-6,8,12H,3-4,7,9,14H2,1-2H3. The molecule has 1 unspecified atom stereocenters. The number of benzene rings is 1. The molecule has 1 fully saturated rings. The van der Waals surface area contributed by atoms with Gasteiger partial charge in [-0.15, -0.1) is 0 Å². The minimum absolute atomic E-state index is 0.0423. The molecule has 100 valence electrons. The van der Waals surface area contributed by atoms with Crippen LogP contribution in [0.2, 0.25) is 0 Å². The van der Waals surface area contributed by atoms with E-state index in [0.29, 0.717) is 18.0 Å². The molecule has 1 aliphatic rings. The molecular weight excluding hydrogens is 248 g/mol. The maximum Gasteiger partial charge on any atom is 0.243 e. The van der Waals surface area contributed by atoms with E-state index in [0.717, 1.165) is 24.0 Å². The molecule has 1 aromatic rings. The first-order chi connectivity index (χ1) is 8.41. The van der Waals surface area contributed by atoms with Crippen LogP contribution >= 0.6 is 0 Å². The van der Waals surface area contributed by atoms with Gasteiger partial charge in [0.25, 0.3) is 0 Å². The Balaban J connectivity index is 2.35. The molecule has 1 aromatic carbocycles. The second kappa shape index (κ2) is 4.99. The van der Waals surface area contributed by atoms with Gasteiger partial charge in [-0.05, 0) is 38.3 Å². The Hall–Kier alpha value is -0.910. The molecule has 0 bridgehead atoms. The number of nitrogens with two attached hydrogens (primary N) is 1. The number of piperidine rings is 1. The van der Waals surface area contributed by atoms with Gasteiger partial charge in [0.1, 0.15) is 0 Å². The van der Waals surface area contributed by atoms with Crippen molar-refractivity contribution in [3.63, 3.8) is 0 Å². The molecule has 1 aliphatic heterocycles. The number of nitrogens with zero attached hydrogens (tertiary/aromatic N) is 1. The molecular formula is C13H20N2O2S.